The minimum absolute atomic E-state index is 0.0814. The lowest BCUT2D eigenvalue weighted by molar-refractivity contribution is -0.384. The van der Waals surface area contributed by atoms with Crippen molar-refractivity contribution in [2.45, 2.75) is 12.8 Å². The zero-order valence-electron chi connectivity index (χ0n) is 9.80. The van der Waals surface area contributed by atoms with Gasteiger partial charge in [-0.05, 0) is 25.5 Å². The third-order valence-corrected chi connectivity index (χ3v) is 2.88. The van der Waals surface area contributed by atoms with Crippen molar-refractivity contribution in [3.05, 3.63) is 34.4 Å². The molecule has 1 atom stereocenters. The first-order valence-corrected chi connectivity index (χ1v) is 5.83. The third kappa shape index (κ3) is 3.04. The van der Waals surface area contributed by atoms with Crippen LogP contribution in [0.4, 0.5) is 5.69 Å². The van der Waals surface area contributed by atoms with Crippen LogP contribution in [-0.2, 0) is 4.79 Å². The van der Waals surface area contributed by atoms with E-state index in [1.165, 1.54) is 18.2 Å². The lowest BCUT2D eigenvalue weighted by Crippen LogP contribution is -2.36. The van der Waals surface area contributed by atoms with Gasteiger partial charge < -0.3 is 10.1 Å². The number of rotatable bonds is 3. The Balaban J connectivity index is 2.02. The lowest BCUT2D eigenvalue weighted by Gasteiger charge is -2.20. The van der Waals surface area contributed by atoms with Crippen LogP contribution in [0.3, 0.4) is 0 Å². The van der Waals surface area contributed by atoms with E-state index in [9.17, 15) is 14.9 Å². The van der Waals surface area contributed by atoms with E-state index in [2.05, 4.69) is 5.32 Å². The van der Waals surface area contributed by atoms with Crippen molar-refractivity contribution in [1.82, 2.24) is 5.32 Å². The van der Waals surface area contributed by atoms with E-state index in [0.717, 1.165) is 19.4 Å². The van der Waals surface area contributed by atoms with Crippen molar-refractivity contribution < 1.29 is 14.5 Å². The lowest BCUT2D eigenvalue weighted by atomic mass is 10.0. The summed E-state index contributed by atoms with van der Waals surface area (Å²) < 4.78 is 5.16. The first-order chi connectivity index (χ1) is 8.66. The van der Waals surface area contributed by atoms with Crippen LogP contribution in [0.2, 0.25) is 0 Å². The van der Waals surface area contributed by atoms with Crippen molar-refractivity contribution >= 4 is 11.7 Å². The highest BCUT2D eigenvalue weighted by molar-refractivity contribution is 5.75. The zero-order valence-corrected chi connectivity index (χ0v) is 9.80. The Kier molecular flexibility index (Phi) is 3.88. The summed E-state index contributed by atoms with van der Waals surface area (Å²) in [6.07, 6.45) is 1.73. The van der Waals surface area contributed by atoms with Gasteiger partial charge in [0.1, 0.15) is 5.75 Å². The quantitative estimate of drug-likeness (QED) is 0.380. The van der Waals surface area contributed by atoms with Crippen LogP contribution in [0.15, 0.2) is 24.3 Å². The number of nitro groups is 1. The molecule has 0 aliphatic carbocycles. The minimum Gasteiger partial charge on any atom is -0.426 e. The molecule has 0 bridgehead atoms. The number of benzene rings is 1. The SMILES string of the molecule is O=C(Oc1cccc([N+](=O)[O-])c1)C1CCCNC1. The normalized spacial score (nSPS) is 19.2. The number of nitro benzene ring substituents is 1. The number of non-ortho nitro benzene ring substituents is 1. The first-order valence-electron chi connectivity index (χ1n) is 5.83. The Bertz CT molecular complexity index is 455. The molecule has 1 aromatic carbocycles. The Morgan fingerprint density at radius 1 is 1.50 bits per heavy atom. The largest absolute Gasteiger partial charge is 0.426 e. The average molecular weight is 250 g/mol. The van der Waals surface area contributed by atoms with Crippen LogP contribution in [-0.4, -0.2) is 24.0 Å². The molecule has 1 aliphatic rings. The molecule has 2 rings (SSSR count). The van der Waals surface area contributed by atoms with Crippen LogP contribution >= 0.6 is 0 Å². The van der Waals surface area contributed by atoms with Crippen LogP contribution < -0.4 is 10.1 Å². The van der Waals surface area contributed by atoms with Gasteiger partial charge in [0.05, 0.1) is 16.9 Å². The summed E-state index contributed by atoms with van der Waals surface area (Å²) in [5.41, 5.74) is -0.0814. The molecule has 0 spiro atoms. The van der Waals surface area contributed by atoms with Crippen molar-refractivity contribution in [2.75, 3.05) is 13.1 Å². The predicted octanol–water partition coefficient (Wildman–Crippen LogP) is 1.50. The Hall–Kier alpha value is -1.95. The second kappa shape index (κ2) is 5.59. The van der Waals surface area contributed by atoms with E-state index in [0.29, 0.717) is 6.54 Å². The summed E-state index contributed by atoms with van der Waals surface area (Å²) in [5.74, 6) is -0.277. The van der Waals surface area contributed by atoms with E-state index in [4.69, 9.17) is 4.74 Å². The van der Waals surface area contributed by atoms with Crippen molar-refractivity contribution in [1.29, 1.82) is 0 Å². The maximum atomic E-state index is 11.8. The Labute approximate surface area is 104 Å². The summed E-state index contributed by atoms with van der Waals surface area (Å²) in [6, 6.07) is 5.66. The molecule has 6 heteroatoms. The summed E-state index contributed by atoms with van der Waals surface area (Å²) in [4.78, 5) is 21.9. The summed E-state index contributed by atoms with van der Waals surface area (Å²) >= 11 is 0. The molecule has 1 aliphatic heterocycles. The molecule has 0 amide bonds. The van der Waals surface area contributed by atoms with Crippen molar-refractivity contribution in [3.63, 3.8) is 0 Å². The highest BCUT2D eigenvalue weighted by Crippen LogP contribution is 2.21. The molecular weight excluding hydrogens is 236 g/mol. The number of esters is 1. The molecule has 6 nitrogen and oxygen atoms in total. The summed E-state index contributed by atoms with van der Waals surface area (Å²) in [6.45, 7) is 1.52. The van der Waals surface area contributed by atoms with Crippen molar-refractivity contribution in [3.8, 4) is 5.75 Å². The summed E-state index contributed by atoms with van der Waals surface area (Å²) in [7, 11) is 0. The fourth-order valence-electron chi connectivity index (χ4n) is 1.91. The number of ether oxygens (including phenoxy) is 1. The van der Waals surface area contributed by atoms with Gasteiger partial charge in [0, 0.05) is 12.6 Å². The highest BCUT2D eigenvalue weighted by Gasteiger charge is 2.23. The molecular formula is C12H14N2O4. The van der Waals surface area contributed by atoms with Gasteiger partial charge in [-0.1, -0.05) is 6.07 Å². The number of piperidine rings is 1. The molecule has 96 valence electrons. The fourth-order valence-corrected chi connectivity index (χ4v) is 1.91. The minimum atomic E-state index is -0.514. The second-order valence-corrected chi connectivity index (χ2v) is 4.22. The zero-order chi connectivity index (χ0) is 13.0. The Morgan fingerprint density at radius 3 is 3.00 bits per heavy atom. The molecule has 0 saturated carbocycles. The van der Waals surface area contributed by atoms with E-state index in [1.807, 2.05) is 0 Å². The second-order valence-electron chi connectivity index (χ2n) is 4.22. The maximum Gasteiger partial charge on any atom is 0.315 e. The van der Waals surface area contributed by atoms with Crippen LogP contribution in [0.5, 0.6) is 5.75 Å². The van der Waals surface area contributed by atoms with Crippen LogP contribution in [0, 0.1) is 16.0 Å². The molecule has 1 fully saturated rings. The van der Waals surface area contributed by atoms with E-state index < -0.39 is 4.92 Å². The monoisotopic (exact) mass is 250 g/mol. The number of carbonyl (C=O) groups excluding carboxylic acids is 1. The fraction of sp³-hybridized carbons (Fsp3) is 0.417. The number of carbonyl (C=O) groups is 1. The summed E-state index contributed by atoms with van der Waals surface area (Å²) in [5, 5.41) is 13.7. The van der Waals surface area contributed by atoms with Gasteiger partial charge in [-0.2, -0.15) is 0 Å². The molecule has 1 aromatic rings. The van der Waals surface area contributed by atoms with Gasteiger partial charge in [0.15, 0.2) is 0 Å². The van der Waals surface area contributed by atoms with Crippen molar-refractivity contribution in [2.24, 2.45) is 5.92 Å². The van der Waals surface area contributed by atoms with E-state index >= 15 is 0 Å². The molecule has 18 heavy (non-hydrogen) atoms. The van der Waals surface area contributed by atoms with E-state index in [1.54, 1.807) is 6.07 Å². The molecule has 1 unspecified atom stereocenters. The van der Waals surface area contributed by atoms with Gasteiger partial charge in [-0.25, -0.2) is 0 Å². The molecule has 0 aromatic heterocycles. The number of hydrogen-bond acceptors (Lipinski definition) is 5. The number of nitrogens with one attached hydrogen (secondary N) is 1. The predicted molar refractivity (Wildman–Crippen MR) is 64.3 cm³/mol. The first kappa shape index (κ1) is 12.5. The smallest absolute Gasteiger partial charge is 0.315 e. The third-order valence-electron chi connectivity index (χ3n) is 2.88. The van der Waals surface area contributed by atoms with Crippen LogP contribution in [0.25, 0.3) is 0 Å². The Morgan fingerprint density at radius 2 is 2.33 bits per heavy atom. The average Bonchev–Trinajstić information content (AvgIpc) is 2.40. The standard InChI is InChI=1S/C12H14N2O4/c15-12(9-3-2-6-13-8-9)18-11-5-1-4-10(7-11)14(16)17/h1,4-5,7,9,13H,2-3,6,8H2. The van der Waals surface area contributed by atoms with Gasteiger partial charge in [-0.15, -0.1) is 0 Å². The van der Waals surface area contributed by atoms with E-state index in [-0.39, 0.29) is 23.3 Å². The van der Waals surface area contributed by atoms with Gasteiger partial charge in [-0.3, -0.25) is 14.9 Å². The number of hydrogen-bond donors (Lipinski definition) is 1. The van der Waals surface area contributed by atoms with Gasteiger partial charge in [0.2, 0.25) is 0 Å². The van der Waals surface area contributed by atoms with Gasteiger partial charge >= 0.3 is 5.97 Å². The van der Waals surface area contributed by atoms with Gasteiger partial charge in [0.25, 0.3) is 5.69 Å². The molecule has 1 N–H and O–H groups in total. The molecule has 0 radical (unpaired) electrons. The van der Waals surface area contributed by atoms with Crippen LogP contribution in [0.1, 0.15) is 12.8 Å². The topological polar surface area (TPSA) is 81.5 Å². The highest BCUT2D eigenvalue weighted by atomic mass is 16.6. The number of nitrogens with zero attached hydrogens (tertiary/aromatic N) is 1. The maximum absolute atomic E-state index is 11.8. The molecule has 1 saturated heterocycles. The molecule has 1 heterocycles.